The molecule has 0 aliphatic carbocycles. The van der Waals surface area contributed by atoms with E-state index in [9.17, 15) is 4.79 Å². The molecule has 1 fully saturated rings. The third-order valence-electron chi connectivity index (χ3n) is 5.46. The molecule has 2 atom stereocenters. The Morgan fingerprint density at radius 3 is 2.74 bits per heavy atom. The third kappa shape index (κ3) is 3.00. The van der Waals surface area contributed by atoms with E-state index in [1.807, 2.05) is 35.2 Å². The first-order valence-electron chi connectivity index (χ1n) is 9.34. The Kier molecular flexibility index (Phi) is 4.12. The summed E-state index contributed by atoms with van der Waals surface area (Å²) >= 11 is 6.07. The van der Waals surface area contributed by atoms with Crippen molar-refractivity contribution in [3.05, 3.63) is 52.5 Å². The Hall–Kier alpha value is -2.40. The minimum absolute atomic E-state index is 0.0414. The minimum Gasteiger partial charge on any atom is -0.486 e. The van der Waals surface area contributed by atoms with Gasteiger partial charge in [-0.1, -0.05) is 17.7 Å². The molecule has 140 valence electrons. The maximum absolute atomic E-state index is 13.2. The van der Waals surface area contributed by atoms with Crippen molar-refractivity contribution in [3.63, 3.8) is 0 Å². The van der Waals surface area contributed by atoms with Gasteiger partial charge < -0.3 is 19.1 Å². The number of nitrogens with zero attached hydrogens (tertiary/aromatic N) is 1. The van der Waals surface area contributed by atoms with Gasteiger partial charge in [-0.3, -0.25) is 4.79 Å². The number of carbonyl (C=O) groups is 1. The second-order valence-corrected chi connectivity index (χ2v) is 7.59. The molecule has 0 saturated carbocycles. The van der Waals surface area contributed by atoms with Crippen LogP contribution in [0.2, 0.25) is 5.02 Å². The van der Waals surface area contributed by atoms with Gasteiger partial charge in [-0.2, -0.15) is 0 Å². The van der Waals surface area contributed by atoms with E-state index in [1.54, 1.807) is 6.07 Å². The Labute approximate surface area is 162 Å². The van der Waals surface area contributed by atoms with Gasteiger partial charge in [-0.05, 0) is 54.3 Å². The summed E-state index contributed by atoms with van der Waals surface area (Å²) in [6, 6.07) is 11.5. The van der Waals surface area contributed by atoms with Crippen molar-refractivity contribution in [1.29, 1.82) is 0 Å². The fourth-order valence-corrected chi connectivity index (χ4v) is 4.38. The van der Waals surface area contributed by atoms with Gasteiger partial charge in [0.25, 0.3) is 5.91 Å². The molecule has 5 nitrogen and oxygen atoms in total. The molecule has 1 saturated heterocycles. The zero-order chi connectivity index (χ0) is 18.4. The van der Waals surface area contributed by atoms with Crippen LogP contribution in [0.25, 0.3) is 0 Å². The Bertz CT molecular complexity index is 900. The number of amides is 1. The van der Waals surface area contributed by atoms with Crippen LogP contribution in [0.15, 0.2) is 36.4 Å². The smallest absolute Gasteiger partial charge is 0.264 e. The van der Waals surface area contributed by atoms with Crippen molar-refractivity contribution in [2.45, 2.75) is 31.4 Å². The van der Waals surface area contributed by atoms with Crippen LogP contribution in [0.1, 0.15) is 30.0 Å². The molecule has 2 aromatic rings. The summed E-state index contributed by atoms with van der Waals surface area (Å²) in [4.78, 5) is 15.1. The van der Waals surface area contributed by atoms with E-state index in [-0.39, 0.29) is 11.9 Å². The van der Waals surface area contributed by atoms with Gasteiger partial charge in [0.1, 0.15) is 19.0 Å². The van der Waals surface area contributed by atoms with Gasteiger partial charge in [0, 0.05) is 18.0 Å². The largest absolute Gasteiger partial charge is 0.486 e. The number of likely N-dealkylation sites (tertiary alicyclic amines) is 1. The molecule has 27 heavy (non-hydrogen) atoms. The van der Waals surface area contributed by atoms with Crippen LogP contribution in [-0.4, -0.2) is 36.7 Å². The molecular weight excluding hydrogens is 366 g/mol. The Morgan fingerprint density at radius 2 is 1.85 bits per heavy atom. The maximum atomic E-state index is 13.2. The average molecular weight is 386 g/mol. The van der Waals surface area contributed by atoms with Gasteiger partial charge in [-0.25, -0.2) is 0 Å². The van der Waals surface area contributed by atoms with E-state index in [0.717, 1.165) is 47.8 Å². The van der Waals surface area contributed by atoms with Crippen LogP contribution in [0, 0.1) is 0 Å². The Morgan fingerprint density at radius 1 is 1.04 bits per heavy atom. The summed E-state index contributed by atoms with van der Waals surface area (Å²) in [7, 11) is 0. The maximum Gasteiger partial charge on any atom is 0.264 e. The topological polar surface area (TPSA) is 48.0 Å². The van der Waals surface area contributed by atoms with E-state index >= 15 is 0 Å². The number of hydrogen-bond donors (Lipinski definition) is 0. The van der Waals surface area contributed by atoms with Crippen molar-refractivity contribution in [2.24, 2.45) is 0 Å². The van der Waals surface area contributed by atoms with Crippen LogP contribution in [0.5, 0.6) is 17.2 Å². The van der Waals surface area contributed by atoms with Gasteiger partial charge >= 0.3 is 0 Å². The first-order valence-corrected chi connectivity index (χ1v) is 9.72. The first kappa shape index (κ1) is 16.8. The second kappa shape index (κ2) is 6.64. The molecule has 1 amide bonds. The first-order chi connectivity index (χ1) is 13.2. The SMILES string of the molecule is O=C([C@@H]1Cc2cc(Cl)ccc2O1)N1CCC[C@@H]1c1ccc2c(c1)OCCO2. The normalized spacial score (nSPS) is 23.1. The molecule has 0 bridgehead atoms. The summed E-state index contributed by atoms with van der Waals surface area (Å²) in [5, 5.41) is 0.667. The van der Waals surface area contributed by atoms with Crippen LogP contribution < -0.4 is 14.2 Å². The van der Waals surface area contributed by atoms with E-state index < -0.39 is 6.10 Å². The molecule has 6 heteroatoms. The van der Waals surface area contributed by atoms with Crippen molar-refractivity contribution < 1.29 is 19.0 Å². The van der Waals surface area contributed by atoms with Crippen LogP contribution in [0.3, 0.4) is 0 Å². The van der Waals surface area contributed by atoms with Crippen molar-refractivity contribution in [3.8, 4) is 17.2 Å². The lowest BCUT2D eigenvalue weighted by Gasteiger charge is -2.28. The lowest BCUT2D eigenvalue weighted by molar-refractivity contribution is -0.138. The van der Waals surface area contributed by atoms with E-state index in [2.05, 4.69) is 0 Å². The highest BCUT2D eigenvalue weighted by Crippen LogP contribution is 2.39. The van der Waals surface area contributed by atoms with Gasteiger partial charge in [0.05, 0.1) is 6.04 Å². The van der Waals surface area contributed by atoms with Gasteiger partial charge in [0.15, 0.2) is 17.6 Å². The monoisotopic (exact) mass is 385 g/mol. The molecule has 0 spiro atoms. The molecule has 0 radical (unpaired) electrons. The lowest BCUT2D eigenvalue weighted by atomic mass is 10.0. The van der Waals surface area contributed by atoms with Crippen molar-refractivity contribution in [2.75, 3.05) is 19.8 Å². The number of hydrogen-bond acceptors (Lipinski definition) is 4. The van der Waals surface area contributed by atoms with Gasteiger partial charge in [-0.15, -0.1) is 0 Å². The van der Waals surface area contributed by atoms with E-state index in [0.29, 0.717) is 24.7 Å². The summed E-state index contributed by atoms with van der Waals surface area (Å²) in [5.41, 5.74) is 2.08. The number of benzene rings is 2. The molecule has 5 rings (SSSR count). The predicted molar refractivity (Wildman–Crippen MR) is 101 cm³/mol. The molecule has 3 aliphatic heterocycles. The number of rotatable bonds is 2. The standard InChI is InChI=1S/C21H20ClNO4/c22-15-4-6-17-14(10-15)12-20(27-17)21(24)23-7-1-2-16(23)13-3-5-18-19(11-13)26-9-8-25-18/h3-6,10-11,16,20H,1-2,7-9,12H2/t16-,20+/m1/s1. The number of carbonyl (C=O) groups excluding carboxylic acids is 1. The van der Waals surface area contributed by atoms with Crippen LogP contribution >= 0.6 is 11.6 Å². The third-order valence-corrected chi connectivity index (χ3v) is 5.69. The summed E-state index contributed by atoms with van der Waals surface area (Å²) < 4.78 is 17.2. The Balaban J connectivity index is 1.36. The predicted octanol–water partition coefficient (Wildman–Crippen LogP) is 3.78. The highest BCUT2D eigenvalue weighted by atomic mass is 35.5. The van der Waals surface area contributed by atoms with Crippen LogP contribution in [-0.2, 0) is 11.2 Å². The average Bonchev–Trinajstić information content (AvgIpc) is 3.33. The minimum atomic E-state index is -0.476. The quantitative estimate of drug-likeness (QED) is 0.789. The fourth-order valence-electron chi connectivity index (χ4n) is 4.18. The van der Waals surface area contributed by atoms with E-state index in [4.69, 9.17) is 25.8 Å². The molecule has 0 aromatic heterocycles. The van der Waals surface area contributed by atoms with E-state index in [1.165, 1.54) is 0 Å². The number of halogens is 1. The summed E-state index contributed by atoms with van der Waals surface area (Å²) in [5.74, 6) is 2.33. The molecule has 0 unspecified atom stereocenters. The summed E-state index contributed by atoms with van der Waals surface area (Å²) in [6.07, 6.45) is 2.02. The highest BCUT2D eigenvalue weighted by Gasteiger charge is 2.38. The zero-order valence-corrected chi connectivity index (χ0v) is 15.6. The number of ether oxygens (including phenoxy) is 3. The lowest BCUT2D eigenvalue weighted by Crippen LogP contribution is -2.41. The molecule has 3 heterocycles. The van der Waals surface area contributed by atoms with Crippen LogP contribution in [0.4, 0.5) is 0 Å². The molecule has 3 aliphatic rings. The summed E-state index contributed by atoms with van der Waals surface area (Å²) in [6.45, 7) is 1.87. The van der Waals surface area contributed by atoms with Crippen molar-refractivity contribution in [1.82, 2.24) is 4.90 Å². The molecule has 0 N–H and O–H groups in total. The van der Waals surface area contributed by atoms with Crippen molar-refractivity contribution >= 4 is 17.5 Å². The zero-order valence-electron chi connectivity index (χ0n) is 14.8. The van der Waals surface area contributed by atoms with Gasteiger partial charge in [0.2, 0.25) is 0 Å². The highest BCUT2D eigenvalue weighted by molar-refractivity contribution is 6.30. The molecule has 2 aromatic carbocycles. The number of fused-ring (bicyclic) bond motifs is 2. The molecular formula is C21H20ClNO4. The fraction of sp³-hybridized carbons (Fsp3) is 0.381. The second-order valence-electron chi connectivity index (χ2n) is 7.16.